The van der Waals surface area contributed by atoms with E-state index < -0.39 is 0 Å². The summed E-state index contributed by atoms with van der Waals surface area (Å²) in [5.41, 5.74) is 7.35. The molecule has 1 fully saturated rings. The molecule has 0 amide bonds. The molecule has 1 rings (SSSR count). The molecule has 1 aliphatic carbocycles. The molecule has 0 radical (unpaired) electrons. The minimum Gasteiger partial charge on any atom is -0.329 e. The molecule has 0 aliphatic heterocycles. The van der Waals surface area contributed by atoms with Crippen molar-refractivity contribution in [1.82, 2.24) is 4.90 Å². The maximum Gasteiger partial charge on any atom is 0.0344 e. The van der Waals surface area contributed by atoms with Crippen molar-refractivity contribution in [3.63, 3.8) is 0 Å². The molecule has 2 N–H and O–H groups in total. The van der Waals surface area contributed by atoms with E-state index in [2.05, 4.69) is 53.4 Å². The van der Waals surface area contributed by atoms with Crippen LogP contribution in [-0.2, 0) is 0 Å². The van der Waals surface area contributed by atoms with E-state index in [1.807, 2.05) is 0 Å². The van der Waals surface area contributed by atoms with E-state index in [1.165, 1.54) is 45.1 Å². The molecule has 0 heterocycles. The summed E-state index contributed by atoms with van der Waals surface area (Å²) >= 11 is 0. The predicted molar refractivity (Wildman–Crippen MR) is 94.6 cm³/mol. The zero-order valence-electron chi connectivity index (χ0n) is 15.8. The summed E-state index contributed by atoms with van der Waals surface area (Å²) in [4.78, 5) is 2.74. The number of unbranched alkanes of at least 4 members (excludes halogenated alkanes) is 2. The largest absolute Gasteiger partial charge is 0.329 e. The Bertz CT molecular complexity index is 302. The highest BCUT2D eigenvalue weighted by Gasteiger charge is 2.49. The Balaban J connectivity index is 3.02. The topological polar surface area (TPSA) is 29.3 Å². The van der Waals surface area contributed by atoms with Crippen LogP contribution >= 0.6 is 0 Å². The van der Waals surface area contributed by atoms with Crippen molar-refractivity contribution in [3.8, 4) is 0 Å². The van der Waals surface area contributed by atoms with Crippen molar-refractivity contribution < 1.29 is 0 Å². The Labute approximate surface area is 133 Å². The van der Waals surface area contributed by atoms with Crippen LogP contribution in [-0.4, -0.2) is 29.6 Å². The molecule has 1 saturated carbocycles. The SMILES string of the molecule is CCCCCN(C(C)C)C1(CN)CC(C)(C)CC(C)(C)C1. The average molecular weight is 297 g/mol. The lowest BCUT2D eigenvalue weighted by molar-refractivity contribution is -0.0578. The van der Waals surface area contributed by atoms with E-state index in [-0.39, 0.29) is 5.54 Å². The second-order valence-corrected chi connectivity index (χ2v) is 9.28. The van der Waals surface area contributed by atoms with Crippen molar-refractivity contribution in [3.05, 3.63) is 0 Å². The highest BCUT2D eigenvalue weighted by atomic mass is 15.2. The van der Waals surface area contributed by atoms with Crippen LogP contribution in [0.25, 0.3) is 0 Å². The standard InChI is InChI=1S/C19H40N2/c1-8-9-10-11-21(16(2)3)19(15-20)13-17(4,5)12-18(6,7)14-19/h16H,8-15,20H2,1-7H3. The van der Waals surface area contributed by atoms with Gasteiger partial charge in [0.1, 0.15) is 0 Å². The fourth-order valence-electron chi connectivity index (χ4n) is 5.30. The van der Waals surface area contributed by atoms with Gasteiger partial charge < -0.3 is 5.73 Å². The first-order valence-corrected chi connectivity index (χ1v) is 9.04. The summed E-state index contributed by atoms with van der Waals surface area (Å²) in [6, 6.07) is 0.579. The molecule has 0 aromatic carbocycles. The van der Waals surface area contributed by atoms with Crippen LogP contribution in [0.2, 0.25) is 0 Å². The van der Waals surface area contributed by atoms with Crippen LogP contribution in [0.4, 0.5) is 0 Å². The number of rotatable bonds is 7. The second kappa shape index (κ2) is 7.00. The van der Waals surface area contributed by atoms with Gasteiger partial charge >= 0.3 is 0 Å². The third-order valence-corrected chi connectivity index (χ3v) is 5.19. The Morgan fingerprint density at radius 1 is 0.952 bits per heavy atom. The van der Waals surface area contributed by atoms with Gasteiger partial charge in [0.25, 0.3) is 0 Å². The predicted octanol–water partition coefficient (Wildman–Crippen LogP) is 4.82. The Kier molecular flexibility index (Phi) is 6.32. The lowest BCUT2D eigenvalue weighted by atomic mass is 9.57. The van der Waals surface area contributed by atoms with Gasteiger partial charge in [-0.2, -0.15) is 0 Å². The van der Waals surface area contributed by atoms with E-state index in [4.69, 9.17) is 5.73 Å². The minimum absolute atomic E-state index is 0.188. The van der Waals surface area contributed by atoms with Gasteiger partial charge in [-0.1, -0.05) is 47.5 Å². The van der Waals surface area contributed by atoms with E-state index in [9.17, 15) is 0 Å². The molecule has 126 valence electrons. The van der Waals surface area contributed by atoms with E-state index in [1.54, 1.807) is 0 Å². The normalized spacial score (nSPS) is 23.7. The summed E-state index contributed by atoms with van der Waals surface area (Å²) in [5, 5.41) is 0. The van der Waals surface area contributed by atoms with Gasteiger partial charge in [0.2, 0.25) is 0 Å². The highest BCUT2D eigenvalue weighted by molar-refractivity contribution is 5.05. The number of hydrogen-bond donors (Lipinski definition) is 1. The van der Waals surface area contributed by atoms with Crippen LogP contribution in [0, 0.1) is 10.8 Å². The molecular weight excluding hydrogens is 256 g/mol. The third kappa shape index (κ3) is 4.96. The molecule has 0 unspecified atom stereocenters. The molecule has 1 aliphatic rings. The van der Waals surface area contributed by atoms with Gasteiger partial charge in [-0.15, -0.1) is 0 Å². The van der Waals surface area contributed by atoms with Crippen LogP contribution in [0.15, 0.2) is 0 Å². The maximum absolute atomic E-state index is 6.38. The summed E-state index contributed by atoms with van der Waals surface area (Å²) < 4.78 is 0. The van der Waals surface area contributed by atoms with Gasteiger partial charge in [0, 0.05) is 18.1 Å². The van der Waals surface area contributed by atoms with E-state index >= 15 is 0 Å². The molecule has 2 heteroatoms. The molecule has 0 atom stereocenters. The first-order chi connectivity index (χ1) is 9.57. The van der Waals surface area contributed by atoms with Crippen LogP contribution < -0.4 is 5.73 Å². The monoisotopic (exact) mass is 296 g/mol. The second-order valence-electron chi connectivity index (χ2n) is 9.28. The minimum atomic E-state index is 0.188. The lowest BCUT2D eigenvalue weighted by Crippen LogP contribution is -2.62. The molecular formula is C19H40N2. The third-order valence-electron chi connectivity index (χ3n) is 5.19. The first kappa shape index (κ1) is 19.0. The van der Waals surface area contributed by atoms with Crippen LogP contribution in [0.5, 0.6) is 0 Å². The molecule has 0 spiro atoms. The summed E-state index contributed by atoms with van der Waals surface area (Å²) in [6.07, 6.45) is 7.71. The number of nitrogens with two attached hydrogens (primary N) is 1. The molecule has 0 aromatic heterocycles. The Morgan fingerprint density at radius 2 is 1.48 bits per heavy atom. The van der Waals surface area contributed by atoms with Gasteiger partial charge in [-0.25, -0.2) is 0 Å². The zero-order valence-corrected chi connectivity index (χ0v) is 15.8. The smallest absolute Gasteiger partial charge is 0.0344 e. The molecule has 2 nitrogen and oxygen atoms in total. The Morgan fingerprint density at radius 3 is 1.86 bits per heavy atom. The molecule has 0 bridgehead atoms. The summed E-state index contributed by atoms with van der Waals surface area (Å²) in [5.74, 6) is 0. The zero-order chi connectivity index (χ0) is 16.3. The fourth-order valence-corrected chi connectivity index (χ4v) is 5.30. The highest BCUT2D eigenvalue weighted by Crippen LogP contribution is 2.52. The number of nitrogens with zero attached hydrogens (tertiary/aromatic N) is 1. The molecule has 0 aromatic rings. The van der Waals surface area contributed by atoms with Crippen molar-refractivity contribution in [2.45, 2.75) is 98.6 Å². The summed E-state index contributed by atoms with van der Waals surface area (Å²) in [7, 11) is 0. The van der Waals surface area contributed by atoms with Gasteiger partial charge in [-0.3, -0.25) is 4.90 Å². The average Bonchev–Trinajstić information content (AvgIpc) is 2.30. The number of hydrogen-bond acceptors (Lipinski definition) is 2. The quantitative estimate of drug-likeness (QED) is 0.682. The van der Waals surface area contributed by atoms with Crippen molar-refractivity contribution in [1.29, 1.82) is 0 Å². The van der Waals surface area contributed by atoms with Crippen molar-refractivity contribution in [2.75, 3.05) is 13.1 Å². The first-order valence-electron chi connectivity index (χ1n) is 9.04. The molecule has 0 saturated heterocycles. The Hall–Kier alpha value is -0.0800. The van der Waals surface area contributed by atoms with E-state index in [0.717, 1.165) is 6.54 Å². The van der Waals surface area contributed by atoms with Gasteiger partial charge in [0.15, 0.2) is 0 Å². The van der Waals surface area contributed by atoms with Crippen LogP contribution in [0.3, 0.4) is 0 Å². The fraction of sp³-hybridized carbons (Fsp3) is 1.00. The molecule has 21 heavy (non-hydrogen) atoms. The van der Waals surface area contributed by atoms with E-state index in [0.29, 0.717) is 16.9 Å². The van der Waals surface area contributed by atoms with Crippen LogP contribution in [0.1, 0.15) is 87.0 Å². The van der Waals surface area contributed by atoms with Gasteiger partial charge in [-0.05, 0) is 56.9 Å². The van der Waals surface area contributed by atoms with Gasteiger partial charge in [0.05, 0.1) is 0 Å². The maximum atomic E-state index is 6.38. The summed E-state index contributed by atoms with van der Waals surface area (Å²) in [6.45, 7) is 18.7. The lowest BCUT2D eigenvalue weighted by Gasteiger charge is -2.57. The van der Waals surface area contributed by atoms with Crippen molar-refractivity contribution in [2.24, 2.45) is 16.6 Å². The van der Waals surface area contributed by atoms with Crippen molar-refractivity contribution >= 4 is 0 Å².